The first-order valence-electron chi connectivity index (χ1n) is 4.54. The fourth-order valence-electron chi connectivity index (χ4n) is 1.59. The van der Waals surface area contributed by atoms with E-state index in [-0.39, 0.29) is 0 Å². The smallest absolute Gasteiger partial charge is 0.0174 e. The van der Waals surface area contributed by atoms with Crippen LogP contribution in [0.4, 0.5) is 0 Å². The van der Waals surface area contributed by atoms with E-state index in [0.717, 1.165) is 19.0 Å². The molecule has 1 heterocycles. The molecule has 0 aliphatic carbocycles. The van der Waals surface area contributed by atoms with Crippen LogP contribution in [0.5, 0.6) is 0 Å². The van der Waals surface area contributed by atoms with E-state index in [1.807, 2.05) is 6.08 Å². The Kier molecular flexibility index (Phi) is 4.66. The van der Waals surface area contributed by atoms with E-state index >= 15 is 0 Å². The highest BCUT2D eigenvalue weighted by atomic mass is 35.5. The molecule has 1 saturated heterocycles. The third-order valence-electron chi connectivity index (χ3n) is 2.49. The summed E-state index contributed by atoms with van der Waals surface area (Å²) in [6.45, 7) is 4.17. The molecular weight excluding hydrogens is 172 g/mol. The molecule has 2 nitrogen and oxygen atoms in total. The van der Waals surface area contributed by atoms with Gasteiger partial charge in [0.15, 0.2) is 0 Å². The molecule has 0 unspecified atom stereocenters. The van der Waals surface area contributed by atoms with Gasteiger partial charge >= 0.3 is 0 Å². The standard InChI is InChI=1S/C9H17ClN2/c10-4-1-5-12-6-2-9(8-11)3-7-12/h1,4,9H,2-3,5-8,11H2. The summed E-state index contributed by atoms with van der Waals surface area (Å²) in [6.07, 6.45) is 4.48. The van der Waals surface area contributed by atoms with Gasteiger partial charge in [0.05, 0.1) is 0 Å². The third kappa shape index (κ3) is 3.13. The van der Waals surface area contributed by atoms with Crippen molar-refractivity contribution >= 4 is 11.6 Å². The number of piperidine rings is 1. The Hall–Kier alpha value is -0.0500. The van der Waals surface area contributed by atoms with E-state index in [0.29, 0.717) is 0 Å². The van der Waals surface area contributed by atoms with Crippen molar-refractivity contribution < 1.29 is 0 Å². The molecule has 1 aliphatic heterocycles. The lowest BCUT2D eigenvalue weighted by molar-refractivity contribution is 0.204. The first kappa shape index (κ1) is 10.0. The van der Waals surface area contributed by atoms with Gasteiger partial charge in [-0.2, -0.15) is 0 Å². The first-order chi connectivity index (χ1) is 5.86. The number of likely N-dealkylation sites (tertiary alicyclic amines) is 1. The van der Waals surface area contributed by atoms with E-state index in [1.165, 1.54) is 25.9 Å². The van der Waals surface area contributed by atoms with Crippen LogP contribution in [0.2, 0.25) is 0 Å². The van der Waals surface area contributed by atoms with Gasteiger partial charge in [0.1, 0.15) is 0 Å². The van der Waals surface area contributed by atoms with Crippen molar-refractivity contribution in [2.75, 3.05) is 26.2 Å². The zero-order chi connectivity index (χ0) is 8.81. The van der Waals surface area contributed by atoms with Crippen LogP contribution in [0.1, 0.15) is 12.8 Å². The third-order valence-corrected chi connectivity index (χ3v) is 2.67. The molecule has 0 aromatic heterocycles. The van der Waals surface area contributed by atoms with Gasteiger partial charge in [-0.15, -0.1) is 0 Å². The number of hydrogen-bond donors (Lipinski definition) is 1. The van der Waals surface area contributed by atoms with Gasteiger partial charge in [-0.05, 0) is 38.4 Å². The molecule has 1 fully saturated rings. The van der Waals surface area contributed by atoms with Gasteiger partial charge in [0.2, 0.25) is 0 Å². The fourth-order valence-corrected chi connectivity index (χ4v) is 1.67. The van der Waals surface area contributed by atoms with Crippen LogP contribution in [-0.4, -0.2) is 31.1 Å². The molecule has 0 bridgehead atoms. The van der Waals surface area contributed by atoms with Gasteiger partial charge < -0.3 is 5.73 Å². The maximum absolute atomic E-state index is 5.60. The Bertz CT molecular complexity index is 139. The SMILES string of the molecule is NCC1CCN(CC=CCl)CC1. The number of nitrogens with two attached hydrogens (primary N) is 1. The molecule has 0 spiro atoms. The van der Waals surface area contributed by atoms with Crippen LogP contribution < -0.4 is 5.73 Å². The Labute approximate surface area is 79.4 Å². The zero-order valence-electron chi connectivity index (χ0n) is 7.38. The van der Waals surface area contributed by atoms with Gasteiger partial charge in [0.25, 0.3) is 0 Å². The minimum Gasteiger partial charge on any atom is -0.330 e. The quantitative estimate of drug-likeness (QED) is 0.726. The van der Waals surface area contributed by atoms with Crippen LogP contribution in [0, 0.1) is 5.92 Å². The molecule has 0 amide bonds. The summed E-state index contributed by atoms with van der Waals surface area (Å²) in [6, 6.07) is 0. The average Bonchev–Trinajstić information content (AvgIpc) is 2.15. The second kappa shape index (κ2) is 5.57. The molecule has 0 aromatic rings. The minimum absolute atomic E-state index is 0.751. The molecule has 1 aliphatic rings. The summed E-state index contributed by atoms with van der Waals surface area (Å²) >= 11 is 5.45. The van der Waals surface area contributed by atoms with Crippen molar-refractivity contribution in [1.82, 2.24) is 4.90 Å². The monoisotopic (exact) mass is 188 g/mol. The van der Waals surface area contributed by atoms with Crippen LogP contribution in [0.3, 0.4) is 0 Å². The number of rotatable bonds is 3. The number of nitrogens with zero attached hydrogens (tertiary/aromatic N) is 1. The van der Waals surface area contributed by atoms with E-state index in [9.17, 15) is 0 Å². The Balaban J connectivity index is 2.17. The van der Waals surface area contributed by atoms with E-state index in [1.54, 1.807) is 5.54 Å². The molecule has 0 saturated carbocycles. The Morgan fingerprint density at radius 2 is 2.08 bits per heavy atom. The van der Waals surface area contributed by atoms with Gasteiger partial charge in [-0.3, -0.25) is 4.90 Å². The van der Waals surface area contributed by atoms with Crippen LogP contribution in [0.15, 0.2) is 11.6 Å². The zero-order valence-corrected chi connectivity index (χ0v) is 8.13. The summed E-state index contributed by atoms with van der Waals surface area (Å²) < 4.78 is 0. The topological polar surface area (TPSA) is 29.3 Å². The molecule has 0 radical (unpaired) electrons. The lowest BCUT2D eigenvalue weighted by atomic mass is 9.97. The highest BCUT2D eigenvalue weighted by Gasteiger charge is 2.16. The second-order valence-corrected chi connectivity index (χ2v) is 3.59. The maximum atomic E-state index is 5.60. The molecule has 2 N–H and O–H groups in total. The van der Waals surface area contributed by atoms with Crippen LogP contribution in [0.25, 0.3) is 0 Å². The average molecular weight is 189 g/mol. The maximum Gasteiger partial charge on any atom is 0.0174 e. The molecule has 70 valence electrons. The fraction of sp³-hybridized carbons (Fsp3) is 0.778. The number of halogens is 1. The molecule has 1 rings (SSSR count). The predicted octanol–water partition coefficient (Wildman–Crippen LogP) is 1.41. The van der Waals surface area contributed by atoms with Crippen molar-refractivity contribution in [1.29, 1.82) is 0 Å². The summed E-state index contributed by atoms with van der Waals surface area (Å²) in [5, 5.41) is 0. The molecule has 0 aromatic carbocycles. The summed E-state index contributed by atoms with van der Waals surface area (Å²) in [4.78, 5) is 2.41. The van der Waals surface area contributed by atoms with Crippen LogP contribution in [-0.2, 0) is 0 Å². The van der Waals surface area contributed by atoms with Gasteiger partial charge in [0, 0.05) is 12.1 Å². The van der Waals surface area contributed by atoms with Crippen molar-refractivity contribution in [2.45, 2.75) is 12.8 Å². The Morgan fingerprint density at radius 1 is 1.42 bits per heavy atom. The highest BCUT2D eigenvalue weighted by Crippen LogP contribution is 2.15. The molecule has 0 atom stereocenters. The lowest BCUT2D eigenvalue weighted by Gasteiger charge is -2.30. The van der Waals surface area contributed by atoms with Crippen molar-refractivity contribution in [3.8, 4) is 0 Å². The minimum atomic E-state index is 0.751. The largest absolute Gasteiger partial charge is 0.330 e. The highest BCUT2D eigenvalue weighted by molar-refractivity contribution is 6.25. The van der Waals surface area contributed by atoms with Gasteiger partial charge in [-0.1, -0.05) is 17.7 Å². The molecule has 3 heteroatoms. The van der Waals surface area contributed by atoms with Gasteiger partial charge in [-0.25, -0.2) is 0 Å². The van der Waals surface area contributed by atoms with Crippen molar-refractivity contribution in [2.24, 2.45) is 11.7 Å². The summed E-state index contributed by atoms with van der Waals surface area (Å²) in [5.74, 6) is 0.751. The Morgan fingerprint density at radius 3 is 2.58 bits per heavy atom. The predicted molar refractivity (Wildman–Crippen MR) is 53.2 cm³/mol. The number of hydrogen-bond acceptors (Lipinski definition) is 2. The summed E-state index contributed by atoms with van der Waals surface area (Å²) in [5.41, 5.74) is 7.19. The first-order valence-corrected chi connectivity index (χ1v) is 4.98. The van der Waals surface area contributed by atoms with Crippen molar-refractivity contribution in [3.05, 3.63) is 11.6 Å². The molecular formula is C9H17ClN2. The lowest BCUT2D eigenvalue weighted by Crippen LogP contribution is -2.36. The van der Waals surface area contributed by atoms with E-state index in [2.05, 4.69) is 4.90 Å². The summed E-state index contributed by atoms with van der Waals surface area (Å²) in [7, 11) is 0. The molecule has 12 heavy (non-hydrogen) atoms. The van der Waals surface area contributed by atoms with Crippen LogP contribution >= 0.6 is 11.6 Å². The van der Waals surface area contributed by atoms with E-state index < -0.39 is 0 Å². The van der Waals surface area contributed by atoms with Crippen molar-refractivity contribution in [3.63, 3.8) is 0 Å². The second-order valence-electron chi connectivity index (χ2n) is 3.34. The van der Waals surface area contributed by atoms with E-state index in [4.69, 9.17) is 17.3 Å². The normalized spacial score (nSPS) is 22.2.